The molecule has 0 aliphatic heterocycles. The number of imidazole rings is 1. The number of ether oxygens (including phenoxy) is 2. The molecule has 3 heterocycles. The van der Waals surface area contributed by atoms with Crippen molar-refractivity contribution < 1.29 is 18.3 Å². The highest BCUT2D eigenvalue weighted by molar-refractivity contribution is 6.76. The molecule has 0 radical (unpaired) electrons. The number of rotatable bonds is 13. The van der Waals surface area contributed by atoms with Gasteiger partial charge in [-0.1, -0.05) is 80.3 Å². The van der Waals surface area contributed by atoms with Crippen LogP contribution in [0.15, 0.2) is 115 Å². The van der Waals surface area contributed by atoms with E-state index in [0.29, 0.717) is 53.8 Å². The topological polar surface area (TPSA) is 92.2 Å². The number of aliphatic imine (C=N–C) groups is 1. The highest BCUT2D eigenvalue weighted by Crippen LogP contribution is 2.43. The van der Waals surface area contributed by atoms with E-state index in [0.717, 1.165) is 45.3 Å². The summed E-state index contributed by atoms with van der Waals surface area (Å²) in [6.45, 7) is 10.6. The Bertz CT molecular complexity index is 2440. The number of hydrogen-bond acceptors (Lipinski definition) is 7. The van der Waals surface area contributed by atoms with E-state index in [1.54, 1.807) is 17.1 Å². The van der Waals surface area contributed by atoms with Gasteiger partial charge in [0.25, 0.3) is 0 Å². The fraction of sp³-hybridized carbons (Fsp3) is 0.279. The van der Waals surface area contributed by atoms with Gasteiger partial charge in [-0.15, -0.1) is 0 Å². The first kappa shape index (κ1) is 36.4. The van der Waals surface area contributed by atoms with Crippen LogP contribution in [0, 0.1) is 12.8 Å². The van der Waals surface area contributed by atoms with E-state index in [1.165, 1.54) is 0 Å². The summed E-state index contributed by atoms with van der Waals surface area (Å²) in [5, 5.41) is 4.47. The molecule has 9 nitrogen and oxygen atoms in total. The van der Waals surface area contributed by atoms with Crippen LogP contribution in [-0.2, 0) is 18.0 Å². The smallest absolute Gasteiger partial charge is 0.248 e. The van der Waals surface area contributed by atoms with Crippen LogP contribution in [0.2, 0.25) is 25.7 Å². The summed E-state index contributed by atoms with van der Waals surface area (Å²) < 4.78 is 43.7. The Kier molecular flexibility index (Phi) is 9.87. The second-order valence-electron chi connectivity index (χ2n) is 15.5. The average molecular weight is 756 g/mol. The Morgan fingerprint density at radius 3 is 2.29 bits per heavy atom. The summed E-state index contributed by atoms with van der Waals surface area (Å²) >= 11 is 0. The Morgan fingerprint density at radius 1 is 0.891 bits per heavy atom. The van der Waals surface area contributed by atoms with Crippen molar-refractivity contribution in [3.8, 4) is 22.8 Å². The number of alkyl halides is 2. The highest BCUT2D eigenvalue weighted by Gasteiger charge is 2.45. The number of aryl methyl sites for hydroxylation is 1. The van der Waals surface area contributed by atoms with Crippen LogP contribution in [-0.4, -0.2) is 55.6 Å². The Hall–Kier alpha value is -5.59. The minimum atomic E-state index is -2.58. The molecule has 280 valence electrons. The van der Waals surface area contributed by atoms with Crippen molar-refractivity contribution in [2.75, 3.05) is 6.61 Å². The van der Waals surface area contributed by atoms with Crippen LogP contribution in [0.5, 0.6) is 11.5 Å². The van der Waals surface area contributed by atoms with E-state index in [-0.39, 0.29) is 18.8 Å². The maximum atomic E-state index is 13.5. The number of nitrogens with zero attached hydrogens (tertiary/aromatic N) is 7. The molecule has 7 aromatic rings. The molecule has 1 fully saturated rings. The van der Waals surface area contributed by atoms with Crippen molar-refractivity contribution in [1.82, 2.24) is 29.3 Å². The number of halogens is 2. The van der Waals surface area contributed by atoms with Gasteiger partial charge in [-0.25, -0.2) is 23.7 Å². The van der Waals surface area contributed by atoms with Gasteiger partial charge >= 0.3 is 0 Å². The molecule has 0 amide bonds. The van der Waals surface area contributed by atoms with E-state index in [2.05, 4.69) is 29.3 Å². The molecule has 55 heavy (non-hydrogen) atoms. The molecule has 1 aliphatic rings. The molecule has 0 spiro atoms. The molecule has 4 aromatic carbocycles. The summed E-state index contributed by atoms with van der Waals surface area (Å²) in [4.78, 5) is 20.0. The summed E-state index contributed by atoms with van der Waals surface area (Å²) in [7, 11) is -1.23. The summed E-state index contributed by atoms with van der Waals surface area (Å²) in [6, 6.07) is 30.7. The maximum absolute atomic E-state index is 13.5. The van der Waals surface area contributed by atoms with Gasteiger partial charge in [0.15, 0.2) is 5.75 Å². The van der Waals surface area contributed by atoms with E-state index in [9.17, 15) is 8.78 Å². The SMILES string of the molecule is Cc1nc2ccc(Oc3ccc4ncc(-c5cnn(CC6CC(F)(F)C6)c5)nc4c3N=C(c3ccccc3)c3ccccc3)cc2n1COCC[Si](C)(C)C. The van der Waals surface area contributed by atoms with Gasteiger partial charge in [0.2, 0.25) is 5.92 Å². The minimum absolute atomic E-state index is 0.107. The highest BCUT2D eigenvalue weighted by atomic mass is 28.3. The maximum Gasteiger partial charge on any atom is 0.248 e. The molecular weight excluding hydrogens is 713 g/mol. The standard InChI is InChI=1S/C43H43F2N7O2Si/c1-29-48-35-16-15-34(21-38(35)52(29)28-53-19-20-55(2,3)4)54-39-18-17-36-41(42(39)50-40(31-11-7-5-8-12-31)32-13-9-6-10-14-32)49-37(25-46-36)33-24-47-51(27-33)26-30-22-43(44,45)23-30/h5-18,21,24-25,27,30H,19-20,22-23,26,28H2,1-4H3. The molecular formula is C43H43F2N7O2Si. The molecule has 12 heteroatoms. The van der Waals surface area contributed by atoms with E-state index < -0.39 is 14.0 Å². The lowest BCUT2D eigenvalue weighted by molar-refractivity contribution is -0.114. The largest absolute Gasteiger partial charge is 0.455 e. The van der Waals surface area contributed by atoms with Crippen LogP contribution >= 0.6 is 0 Å². The van der Waals surface area contributed by atoms with Gasteiger partial charge in [0.05, 0.1) is 40.3 Å². The third-order valence-corrected chi connectivity index (χ3v) is 11.6. The van der Waals surface area contributed by atoms with Crippen molar-refractivity contribution >= 4 is 41.5 Å². The lowest BCUT2D eigenvalue weighted by Gasteiger charge is -2.34. The molecule has 0 saturated heterocycles. The number of fused-ring (bicyclic) bond motifs is 2. The molecule has 0 bridgehead atoms. The third-order valence-electron chi connectivity index (χ3n) is 9.87. The zero-order valence-electron chi connectivity index (χ0n) is 31.4. The average Bonchev–Trinajstić information content (AvgIpc) is 3.75. The predicted octanol–water partition coefficient (Wildman–Crippen LogP) is 10.5. The molecule has 0 atom stereocenters. The van der Waals surface area contributed by atoms with Crippen molar-refractivity contribution in [2.45, 2.75) is 64.6 Å². The number of aromatic nitrogens is 6. The van der Waals surface area contributed by atoms with Crippen LogP contribution in [0.25, 0.3) is 33.3 Å². The van der Waals surface area contributed by atoms with Crippen LogP contribution < -0.4 is 4.74 Å². The van der Waals surface area contributed by atoms with Crippen LogP contribution in [0.1, 0.15) is 29.8 Å². The summed E-state index contributed by atoms with van der Waals surface area (Å²) in [5.74, 6) is -0.710. The molecule has 1 saturated carbocycles. The van der Waals surface area contributed by atoms with Gasteiger partial charge in [0.1, 0.15) is 29.5 Å². The van der Waals surface area contributed by atoms with Gasteiger partial charge in [0, 0.05) is 63.0 Å². The Labute approximate surface area is 319 Å². The quantitative estimate of drug-likeness (QED) is 0.0661. The number of hydrogen-bond donors (Lipinski definition) is 0. The number of benzene rings is 4. The first-order valence-corrected chi connectivity index (χ1v) is 22.3. The second-order valence-corrected chi connectivity index (χ2v) is 21.1. The molecule has 3 aromatic heterocycles. The first-order valence-electron chi connectivity index (χ1n) is 18.6. The fourth-order valence-electron chi connectivity index (χ4n) is 6.86. The molecule has 1 aliphatic carbocycles. The van der Waals surface area contributed by atoms with Gasteiger partial charge < -0.3 is 14.0 Å². The lowest BCUT2D eigenvalue weighted by atomic mass is 9.81. The van der Waals surface area contributed by atoms with E-state index in [1.807, 2.05) is 104 Å². The lowest BCUT2D eigenvalue weighted by Crippen LogP contribution is -2.37. The Morgan fingerprint density at radius 2 is 1.60 bits per heavy atom. The van der Waals surface area contributed by atoms with E-state index in [4.69, 9.17) is 29.4 Å². The molecule has 0 N–H and O–H groups in total. The Balaban J connectivity index is 1.21. The van der Waals surface area contributed by atoms with Crippen LogP contribution in [0.3, 0.4) is 0 Å². The summed E-state index contributed by atoms with van der Waals surface area (Å²) in [5.41, 5.74) is 7.38. The third kappa shape index (κ3) is 8.25. The van der Waals surface area contributed by atoms with Crippen molar-refractivity contribution in [3.63, 3.8) is 0 Å². The van der Waals surface area contributed by atoms with Crippen molar-refractivity contribution in [1.29, 1.82) is 0 Å². The van der Waals surface area contributed by atoms with Crippen molar-refractivity contribution in [2.24, 2.45) is 10.9 Å². The molecule has 8 rings (SSSR count). The normalized spacial score (nSPS) is 14.3. The van der Waals surface area contributed by atoms with Gasteiger partial charge in [-0.3, -0.25) is 9.67 Å². The van der Waals surface area contributed by atoms with Gasteiger partial charge in [-0.2, -0.15) is 5.10 Å². The first-order chi connectivity index (χ1) is 26.5. The zero-order chi connectivity index (χ0) is 38.2. The minimum Gasteiger partial charge on any atom is -0.455 e. The summed E-state index contributed by atoms with van der Waals surface area (Å²) in [6.07, 6.45) is 5.01. The predicted molar refractivity (Wildman–Crippen MR) is 215 cm³/mol. The fourth-order valence-corrected chi connectivity index (χ4v) is 7.62. The van der Waals surface area contributed by atoms with Crippen LogP contribution in [0.4, 0.5) is 14.5 Å². The molecule has 0 unspecified atom stereocenters. The van der Waals surface area contributed by atoms with E-state index >= 15 is 0 Å². The van der Waals surface area contributed by atoms with Gasteiger partial charge in [-0.05, 0) is 43.2 Å². The zero-order valence-corrected chi connectivity index (χ0v) is 32.4. The second kappa shape index (κ2) is 14.9. The van der Waals surface area contributed by atoms with Crippen molar-refractivity contribution in [3.05, 3.63) is 127 Å². The monoisotopic (exact) mass is 755 g/mol.